The van der Waals surface area contributed by atoms with E-state index in [0.717, 1.165) is 5.56 Å². The molecule has 1 aliphatic heterocycles. The van der Waals surface area contributed by atoms with Crippen LogP contribution in [0.2, 0.25) is 0 Å². The predicted octanol–water partition coefficient (Wildman–Crippen LogP) is 3.78. The Kier molecular flexibility index (Phi) is 5.93. The fourth-order valence-electron chi connectivity index (χ4n) is 3.85. The molecule has 0 bridgehead atoms. The van der Waals surface area contributed by atoms with Crippen molar-refractivity contribution in [1.82, 2.24) is 5.32 Å². The van der Waals surface area contributed by atoms with E-state index in [2.05, 4.69) is 5.32 Å². The van der Waals surface area contributed by atoms with Crippen LogP contribution in [0.4, 0.5) is 5.69 Å². The molecule has 3 aromatic carbocycles. The normalized spacial score (nSPS) is 16.1. The van der Waals surface area contributed by atoms with E-state index in [0.29, 0.717) is 17.9 Å². The molecular formula is C25H26N2O4S. The molecule has 32 heavy (non-hydrogen) atoms. The number of ether oxygens (including phenoxy) is 1. The van der Waals surface area contributed by atoms with Crippen LogP contribution in [0.1, 0.15) is 19.4 Å². The first-order valence-electron chi connectivity index (χ1n) is 10.5. The van der Waals surface area contributed by atoms with E-state index < -0.39 is 21.7 Å². The maximum Gasteiger partial charge on any atom is 0.264 e. The summed E-state index contributed by atoms with van der Waals surface area (Å²) in [6.07, 6.45) is -0.340. The number of carbonyl (C=O) groups excluding carboxylic acids is 1. The molecule has 1 aliphatic rings. The third-order valence-corrected chi connectivity index (χ3v) is 7.10. The van der Waals surface area contributed by atoms with Crippen molar-refractivity contribution in [3.05, 3.63) is 90.5 Å². The minimum atomic E-state index is -3.86. The van der Waals surface area contributed by atoms with Gasteiger partial charge in [-0.15, -0.1) is 0 Å². The van der Waals surface area contributed by atoms with Crippen molar-refractivity contribution in [3.63, 3.8) is 0 Å². The molecule has 0 aliphatic carbocycles. The number of para-hydroxylation sites is 2. The summed E-state index contributed by atoms with van der Waals surface area (Å²) in [6.45, 7) is 3.77. The van der Waals surface area contributed by atoms with Crippen molar-refractivity contribution < 1.29 is 17.9 Å². The number of hydrogen-bond donors (Lipinski definition) is 1. The van der Waals surface area contributed by atoms with Crippen molar-refractivity contribution >= 4 is 21.6 Å². The van der Waals surface area contributed by atoms with Gasteiger partial charge in [0.25, 0.3) is 15.9 Å². The second kappa shape index (κ2) is 8.67. The molecule has 0 radical (unpaired) electrons. The van der Waals surface area contributed by atoms with Crippen LogP contribution in [0.5, 0.6) is 5.75 Å². The van der Waals surface area contributed by atoms with Crippen LogP contribution in [-0.2, 0) is 21.2 Å². The van der Waals surface area contributed by atoms with Crippen molar-refractivity contribution in [3.8, 4) is 5.75 Å². The van der Waals surface area contributed by atoms with E-state index in [4.69, 9.17) is 4.74 Å². The van der Waals surface area contributed by atoms with Gasteiger partial charge in [0, 0.05) is 5.54 Å². The molecule has 7 heteroatoms. The highest BCUT2D eigenvalue weighted by atomic mass is 32.2. The molecule has 0 aromatic heterocycles. The summed E-state index contributed by atoms with van der Waals surface area (Å²) in [7, 11) is -3.86. The lowest BCUT2D eigenvalue weighted by atomic mass is 9.94. The smallest absolute Gasteiger partial charge is 0.264 e. The zero-order valence-corrected chi connectivity index (χ0v) is 18.9. The van der Waals surface area contributed by atoms with Crippen LogP contribution in [0.3, 0.4) is 0 Å². The topological polar surface area (TPSA) is 75.7 Å². The molecule has 1 heterocycles. The molecule has 1 atom stereocenters. The molecule has 6 nitrogen and oxygen atoms in total. The molecule has 1 N–H and O–H groups in total. The van der Waals surface area contributed by atoms with Crippen LogP contribution in [-0.4, -0.2) is 32.5 Å². The number of rotatable bonds is 6. The summed E-state index contributed by atoms with van der Waals surface area (Å²) in [6, 6.07) is 25.0. The van der Waals surface area contributed by atoms with Gasteiger partial charge in [0.2, 0.25) is 0 Å². The maximum atomic E-state index is 13.4. The molecule has 0 unspecified atom stereocenters. The molecule has 1 amide bonds. The molecule has 166 valence electrons. The summed E-state index contributed by atoms with van der Waals surface area (Å²) < 4.78 is 34.0. The first-order valence-corrected chi connectivity index (χ1v) is 11.9. The molecule has 3 aromatic rings. The number of amides is 1. The number of benzene rings is 3. The number of nitrogens with zero attached hydrogens (tertiary/aromatic N) is 1. The van der Waals surface area contributed by atoms with Crippen molar-refractivity contribution in [1.29, 1.82) is 0 Å². The fraction of sp³-hybridized carbons (Fsp3) is 0.240. The zero-order chi connectivity index (χ0) is 22.8. The van der Waals surface area contributed by atoms with Gasteiger partial charge < -0.3 is 10.1 Å². The maximum absolute atomic E-state index is 13.4. The van der Waals surface area contributed by atoms with Gasteiger partial charge in [0.05, 0.1) is 17.1 Å². The second-order valence-electron chi connectivity index (χ2n) is 8.46. The Morgan fingerprint density at radius 3 is 2.25 bits per heavy atom. The highest BCUT2D eigenvalue weighted by Crippen LogP contribution is 2.36. The molecule has 4 rings (SSSR count). The largest absolute Gasteiger partial charge is 0.476 e. The highest BCUT2D eigenvalue weighted by molar-refractivity contribution is 7.92. The second-order valence-corrected chi connectivity index (χ2v) is 10.3. The van der Waals surface area contributed by atoms with Crippen molar-refractivity contribution in [2.45, 2.75) is 36.8 Å². The van der Waals surface area contributed by atoms with E-state index in [1.54, 1.807) is 54.6 Å². The lowest BCUT2D eigenvalue weighted by Crippen LogP contribution is -2.55. The monoisotopic (exact) mass is 450 g/mol. The van der Waals surface area contributed by atoms with Crippen LogP contribution in [0, 0.1) is 0 Å². The number of sulfonamides is 1. The Balaban J connectivity index is 1.59. The number of anilines is 1. The minimum absolute atomic E-state index is 0.110. The van der Waals surface area contributed by atoms with Gasteiger partial charge in [0.1, 0.15) is 5.75 Å². The Hall–Kier alpha value is -3.32. The van der Waals surface area contributed by atoms with E-state index >= 15 is 0 Å². The lowest BCUT2D eigenvalue weighted by molar-refractivity contribution is -0.129. The molecule has 0 fully saturated rings. The van der Waals surface area contributed by atoms with Gasteiger partial charge in [-0.1, -0.05) is 60.7 Å². The van der Waals surface area contributed by atoms with Crippen LogP contribution in [0.15, 0.2) is 89.8 Å². The predicted molar refractivity (Wildman–Crippen MR) is 124 cm³/mol. The van der Waals surface area contributed by atoms with Crippen LogP contribution >= 0.6 is 0 Å². The Morgan fingerprint density at radius 1 is 0.969 bits per heavy atom. The summed E-state index contributed by atoms with van der Waals surface area (Å²) in [5.74, 6) is 0.00738. The standard InChI is InChI=1S/C25H26N2O4S/c1-25(2,17-19-11-5-3-6-12-19)26-24(28)23-18-27(21-15-9-10-16-22(21)31-23)32(29,30)20-13-7-4-8-14-20/h3-16,23H,17-18H2,1-2H3,(H,26,28)/t23-/m0/s1. The van der Waals surface area contributed by atoms with Gasteiger partial charge in [-0.05, 0) is 50.1 Å². The van der Waals surface area contributed by atoms with E-state index in [-0.39, 0.29) is 17.3 Å². The SMILES string of the molecule is CC(C)(Cc1ccccc1)NC(=O)[C@@H]1CN(S(=O)(=O)c2ccccc2)c2ccccc2O1. The molecule has 0 spiro atoms. The van der Waals surface area contributed by atoms with Gasteiger partial charge >= 0.3 is 0 Å². The lowest BCUT2D eigenvalue weighted by Gasteiger charge is -2.36. The van der Waals surface area contributed by atoms with Gasteiger partial charge in [-0.2, -0.15) is 0 Å². The third kappa shape index (κ3) is 4.62. The van der Waals surface area contributed by atoms with E-state index in [1.165, 1.54) is 4.31 Å². The average Bonchev–Trinajstić information content (AvgIpc) is 2.79. The summed E-state index contributed by atoms with van der Waals surface area (Å²) in [5, 5.41) is 3.03. The summed E-state index contributed by atoms with van der Waals surface area (Å²) in [5.41, 5.74) is 0.979. The third-order valence-electron chi connectivity index (χ3n) is 5.31. The molecule has 0 saturated heterocycles. The molecular weight excluding hydrogens is 424 g/mol. The van der Waals surface area contributed by atoms with E-state index in [1.807, 2.05) is 44.2 Å². The van der Waals surface area contributed by atoms with Crippen LogP contribution in [0.25, 0.3) is 0 Å². The van der Waals surface area contributed by atoms with E-state index in [9.17, 15) is 13.2 Å². The first kappa shape index (κ1) is 21.9. The Labute approximate surface area is 188 Å². The number of carbonyl (C=O) groups is 1. The number of hydrogen-bond acceptors (Lipinski definition) is 4. The Morgan fingerprint density at radius 2 is 1.56 bits per heavy atom. The summed E-state index contributed by atoms with van der Waals surface area (Å²) in [4.78, 5) is 13.3. The molecule has 0 saturated carbocycles. The van der Waals surface area contributed by atoms with Crippen LogP contribution < -0.4 is 14.4 Å². The first-order chi connectivity index (χ1) is 15.3. The number of fused-ring (bicyclic) bond motifs is 1. The number of nitrogens with one attached hydrogen (secondary N) is 1. The highest BCUT2D eigenvalue weighted by Gasteiger charge is 2.38. The van der Waals surface area contributed by atoms with Crippen molar-refractivity contribution in [2.75, 3.05) is 10.8 Å². The fourth-order valence-corrected chi connectivity index (χ4v) is 5.35. The summed E-state index contributed by atoms with van der Waals surface area (Å²) >= 11 is 0. The zero-order valence-electron chi connectivity index (χ0n) is 18.1. The quantitative estimate of drug-likeness (QED) is 0.620. The van der Waals surface area contributed by atoms with Gasteiger partial charge in [-0.25, -0.2) is 8.42 Å². The minimum Gasteiger partial charge on any atom is -0.476 e. The van der Waals surface area contributed by atoms with Gasteiger partial charge in [-0.3, -0.25) is 9.10 Å². The van der Waals surface area contributed by atoms with Gasteiger partial charge in [0.15, 0.2) is 6.10 Å². The Bertz CT molecular complexity index is 1190. The average molecular weight is 451 g/mol. The van der Waals surface area contributed by atoms with Crippen molar-refractivity contribution in [2.24, 2.45) is 0 Å².